The summed E-state index contributed by atoms with van der Waals surface area (Å²) in [7, 11) is 0. The van der Waals surface area contributed by atoms with Crippen LogP contribution in [0.1, 0.15) is 29.5 Å². The Kier molecular flexibility index (Phi) is 5.49. The lowest BCUT2D eigenvalue weighted by Crippen LogP contribution is -2.40. The number of halogens is 1. The molecule has 1 aliphatic rings. The van der Waals surface area contributed by atoms with Crippen molar-refractivity contribution in [3.63, 3.8) is 0 Å². The van der Waals surface area contributed by atoms with Gasteiger partial charge in [-0.3, -0.25) is 9.69 Å². The molecule has 1 atom stereocenters. The third kappa shape index (κ3) is 4.67. The quantitative estimate of drug-likeness (QED) is 0.900. The molecule has 132 valence electrons. The smallest absolute Gasteiger partial charge is 0.228 e. The van der Waals surface area contributed by atoms with E-state index in [2.05, 4.69) is 16.3 Å². The lowest BCUT2D eigenvalue weighted by molar-refractivity contribution is -0.121. The summed E-state index contributed by atoms with van der Waals surface area (Å²) in [5.74, 6) is -0.126. The highest BCUT2D eigenvalue weighted by Crippen LogP contribution is 2.22. The topological polar surface area (TPSA) is 32.3 Å². The number of anilines is 1. The Morgan fingerprint density at radius 1 is 1.20 bits per heavy atom. The molecular formula is C21H25FN2O. The van der Waals surface area contributed by atoms with E-state index in [-0.39, 0.29) is 17.6 Å². The van der Waals surface area contributed by atoms with Gasteiger partial charge < -0.3 is 5.32 Å². The summed E-state index contributed by atoms with van der Waals surface area (Å²) < 4.78 is 13.0. The maximum atomic E-state index is 13.0. The van der Waals surface area contributed by atoms with E-state index in [1.54, 1.807) is 0 Å². The van der Waals surface area contributed by atoms with E-state index in [1.807, 2.05) is 38.1 Å². The van der Waals surface area contributed by atoms with Crippen LogP contribution in [0.5, 0.6) is 0 Å². The van der Waals surface area contributed by atoms with Gasteiger partial charge in [0, 0.05) is 18.8 Å². The predicted octanol–water partition coefficient (Wildman–Crippen LogP) is 4.29. The van der Waals surface area contributed by atoms with Crippen LogP contribution in [0.2, 0.25) is 0 Å². The number of amides is 1. The van der Waals surface area contributed by atoms with Crippen LogP contribution in [-0.2, 0) is 11.3 Å². The number of carbonyl (C=O) groups excluding carboxylic acids is 1. The molecule has 3 nitrogen and oxygen atoms in total. The second kappa shape index (κ2) is 7.79. The summed E-state index contributed by atoms with van der Waals surface area (Å²) >= 11 is 0. The molecule has 2 aromatic rings. The van der Waals surface area contributed by atoms with Crippen LogP contribution in [0, 0.1) is 25.6 Å². The molecule has 0 aromatic heterocycles. The van der Waals surface area contributed by atoms with Crippen LogP contribution in [0.4, 0.5) is 10.1 Å². The standard InChI is InChI=1S/C21H25FN2O/c1-15-5-10-20(16(2)12-15)23-21(25)18-4-3-11-24(14-18)13-17-6-8-19(22)9-7-17/h5-10,12,18H,3-4,11,13-14H2,1-2H3,(H,23,25)/t18-/m0/s1. The van der Waals surface area contributed by atoms with Gasteiger partial charge in [-0.2, -0.15) is 0 Å². The number of nitrogens with one attached hydrogen (secondary N) is 1. The number of rotatable bonds is 4. The molecule has 1 N–H and O–H groups in total. The fourth-order valence-corrected chi connectivity index (χ4v) is 3.45. The number of hydrogen-bond donors (Lipinski definition) is 1. The molecule has 0 aliphatic carbocycles. The summed E-state index contributed by atoms with van der Waals surface area (Å²) in [4.78, 5) is 14.9. The average molecular weight is 340 g/mol. The van der Waals surface area contributed by atoms with Gasteiger partial charge >= 0.3 is 0 Å². The Balaban J connectivity index is 1.60. The van der Waals surface area contributed by atoms with Gasteiger partial charge in [0.1, 0.15) is 5.82 Å². The van der Waals surface area contributed by atoms with Gasteiger partial charge in [-0.1, -0.05) is 29.8 Å². The minimum atomic E-state index is -0.215. The van der Waals surface area contributed by atoms with Crippen molar-refractivity contribution in [2.45, 2.75) is 33.2 Å². The number of piperidine rings is 1. The largest absolute Gasteiger partial charge is 0.326 e. The highest BCUT2D eigenvalue weighted by atomic mass is 19.1. The second-order valence-electron chi connectivity index (χ2n) is 7.01. The van der Waals surface area contributed by atoms with Crippen LogP contribution in [0.15, 0.2) is 42.5 Å². The van der Waals surface area contributed by atoms with Crippen molar-refractivity contribution in [3.8, 4) is 0 Å². The molecule has 1 aliphatic heterocycles. The normalized spacial score (nSPS) is 18.1. The lowest BCUT2D eigenvalue weighted by Gasteiger charge is -2.32. The number of nitrogens with zero attached hydrogens (tertiary/aromatic N) is 1. The van der Waals surface area contributed by atoms with Gasteiger partial charge in [0.2, 0.25) is 5.91 Å². The van der Waals surface area contributed by atoms with E-state index in [9.17, 15) is 9.18 Å². The Morgan fingerprint density at radius 3 is 2.68 bits per heavy atom. The van der Waals surface area contributed by atoms with Gasteiger partial charge in [-0.25, -0.2) is 4.39 Å². The first-order valence-electron chi connectivity index (χ1n) is 8.86. The van der Waals surface area contributed by atoms with Gasteiger partial charge in [0.25, 0.3) is 0 Å². The first kappa shape index (κ1) is 17.6. The molecule has 3 rings (SSSR count). The highest BCUT2D eigenvalue weighted by molar-refractivity contribution is 5.93. The molecule has 0 bridgehead atoms. The Hall–Kier alpha value is -2.20. The van der Waals surface area contributed by atoms with E-state index < -0.39 is 0 Å². The second-order valence-corrected chi connectivity index (χ2v) is 7.01. The van der Waals surface area contributed by atoms with Gasteiger partial charge in [-0.15, -0.1) is 0 Å². The summed E-state index contributed by atoms with van der Waals surface area (Å²) in [6.07, 6.45) is 1.92. The molecule has 4 heteroatoms. The molecule has 1 heterocycles. The number of likely N-dealkylation sites (tertiary alicyclic amines) is 1. The summed E-state index contributed by atoms with van der Waals surface area (Å²) in [5.41, 5.74) is 4.26. The van der Waals surface area contributed by atoms with E-state index in [4.69, 9.17) is 0 Å². The average Bonchev–Trinajstić information content (AvgIpc) is 2.60. The van der Waals surface area contributed by atoms with E-state index in [1.165, 1.54) is 17.7 Å². The van der Waals surface area contributed by atoms with Gasteiger partial charge in [0.05, 0.1) is 5.92 Å². The fraction of sp³-hybridized carbons (Fsp3) is 0.381. The van der Waals surface area contributed by atoms with Crippen LogP contribution >= 0.6 is 0 Å². The zero-order valence-corrected chi connectivity index (χ0v) is 14.9. The SMILES string of the molecule is Cc1ccc(NC(=O)[C@H]2CCCN(Cc3ccc(F)cc3)C2)c(C)c1. The van der Waals surface area contributed by atoms with E-state index in [0.29, 0.717) is 0 Å². The Labute approximate surface area is 148 Å². The third-order valence-electron chi connectivity index (χ3n) is 4.84. The zero-order chi connectivity index (χ0) is 17.8. The van der Waals surface area contributed by atoms with Crippen molar-refractivity contribution in [1.29, 1.82) is 0 Å². The molecule has 1 fully saturated rings. The molecular weight excluding hydrogens is 315 g/mol. The molecule has 1 saturated heterocycles. The highest BCUT2D eigenvalue weighted by Gasteiger charge is 2.26. The van der Waals surface area contributed by atoms with Gasteiger partial charge in [-0.05, 0) is 62.6 Å². The van der Waals surface area contributed by atoms with Crippen molar-refractivity contribution >= 4 is 11.6 Å². The van der Waals surface area contributed by atoms with Crippen LogP contribution < -0.4 is 5.32 Å². The molecule has 1 amide bonds. The summed E-state index contributed by atoms with van der Waals surface area (Å²) in [6, 6.07) is 12.7. The number of aryl methyl sites for hydroxylation is 2. The minimum absolute atomic E-state index is 0.00472. The predicted molar refractivity (Wildman–Crippen MR) is 98.9 cm³/mol. The maximum Gasteiger partial charge on any atom is 0.228 e. The molecule has 2 aromatic carbocycles. The Bertz CT molecular complexity index is 742. The van der Waals surface area contributed by atoms with Crippen LogP contribution in [0.25, 0.3) is 0 Å². The third-order valence-corrected chi connectivity index (χ3v) is 4.84. The summed E-state index contributed by atoms with van der Waals surface area (Å²) in [5, 5.41) is 3.08. The first-order valence-corrected chi connectivity index (χ1v) is 8.86. The molecule has 0 radical (unpaired) electrons. The van der Waals surface area contributed by atoms with E-state index >= 15 is 0 Å². The van der Waals surface area contributed by atoms with Crippen LogP contribution in [-0.4, -0.2) is 23.9 Å². The van der Waals surface area contributed by atoms with Crippen LogP contribution in [0.3, 0.4) is 0 Å². The lowest BCUT2D eigenvalue weighted by atomic mass is 9.96. The first-order chi connectivity index (χ1) is 12.0. The Morgan fingerprint density at radius 2 is 1.96 bits per heavy atom. The van der Waals surface area contributed by atoms with Gasteiger partial charge in [0.15, 0.2) is 0 Å². The van der Waals surface area contributed by atoms with Crippen molar-refractivity contribution < 1.29 is 9.18 Å². The van der Waals surface area contributed by atoms with Crippen molar-refractivity contribution in [3.05, 3.63) is 65.0 Å². The molecule has 0 spiro atoms. The fourth-order valence-electron chi connectivity index (χ4n) is 3.45. The number of hydrogen-bond acceptors (Lipinski definition) is 2. The van der Waals surface area contributed by atoms with Crippen molar-refractivity contribution in [2.24, 2.45) is 5.92 Å². The minimum Gasteiger partial charge on any atom is -0.326 e. The summed E-state index contributed by atoms with van der Waals surface area (Å²) in [6.45, 7) is 6.55. The van der Waals surface area contributed by atoms with E-state index in [0.717, 1.165) is 49.3 Å². The zero-order valence-electron chi connectivity index (χ0n) is 14.9. The number of benzene rings is 2. The van der Waals surface area contributed by atoms with Crippen molar-refractivity contribution in [1.82, 2.24) is 4.90 Å². The maximum absolute atomic E-state index is 13.0. The monoisotopic (exact) mass is 340 g/mol. The molecule has 25 heavy (non-hydrogen) atoms. The molecule has 0 unspecified atom stereocenters. The molecule has 0 saturated carbocycles. The number of carbonyl (C=O) groups is 1. The van der Waals surface area contributed by atoms with Crippen molar-refractivity contribution in [2.75, 3.05) is 18.4 Å².